The number of amides is 2. The molecule has 4 N–H and O–H groups in total. The molecule has 0 radical (unpaired) electrons. The van der Waals surface area contributed by atoms with Gasteiger partial charge in [0.15, 0.2) is 0 Å². The number of piperazine rings is 1. The number of hydrogen-bond acceptors (Lipinski definition) is 8. The number of nitrogens with one attached hydrogen (secondary N) is 2. The third-order valence-electron chi connectivity index (χ3n) is 3.92. The number of aliphatic carboxylic acids is 1. The Morgan fingerprint density at radius 1 is 1.32 bits per heavy atom. The fraction of sp³-hybridized carbons (Fsp3) is 0.714. The largest absolute Gasteiger partial charge is 0.481 e. The quantitative estimate of drug-likeness (QED) is 0.473. The first-order valence-corrected chi connectivity index (χ1v) is 8.01. The van der Waals surface area contributed by atoms with E-state index in [1.165, 1.54) is 0 Å². The van der Waals surface area contributed by atoms with Crippen molar-refractivity contribution in [1.82, 2.24) is 30.6 Å². The first-order valence-electron chi connectivity index (χ1n) is 8.01. The highest BCUT2D eigenvalue weighted by atomic mass is 16.4. The van der Waals surface area contributed by atoms with Crippen molar-refractivity contribution in [2.45, 2.75) is 18.5 Å². The van der Waals surface area contributed by atoms with Crippen molar-refractivity contribution in [3.05, 3.63) is 11.8 Å². The van der Waals surface area contributed by atoms with E-state index in [0.29, 0.717) is 26.2 Å². The van der Waals surface area contributed by atoms with Crippen LogP contribution in [0, 0.1) is 0 Å². The van der Waals surface area contributed by atoms with Crippen molar-refractivity contribution in [1.29, 1.82) is 0 Å². The lowest BCUT2D eigenvalue weighted by atomic mass is 10.2. The standard InChI is InChI=1S/C14H24N6O5/c1-19(2)10(8-21)13-18-17-12(25-13)9(7-11(22)23)16-14(24)20-5-3-15-4-6-20/h9-10,15,21H,3-8H2,1-2H3,(H,16,24)(H,22,23)/t9-,10-/m0/s1. The number of aliphatic hydroxyl groups excluding tert-OH is 1. The van der Waals surface area contributed by atoms with E-state index in [-0.39, 0.29) is 30.8 Å². The predicted octanol–water partition coefficient (Wildman–Crippen LogP) is -1.20. The van der Waals surface area contributed by atoms with Gasteiger partial charge >= 0.3 is 12.0 Å². The Hall–Kier alpha value is -2.24. The minimum atomic E-state index is -1.10. The minimum absolute atomic E-state index is 0.00110. The third kappa shape index (κ3) is 5.11. The minimum Gasteiger partial charge on any atom is -0.481 e. The first-order chi connectivity index (χ1) is 11.9. The Morgan fingerprint density at radius 3 is 2.52 bits per heavy atom. The molecule has 2 rings (SSSR count). The number of carboxylic acids is 1. The van der Waals surface area contributed by atoms with Gasteiger partial charge in [-0.3, -0.25) is 9.69 Å². The van der Waals surface area contributed by atoms with Gasteiger partial charge in [0.25, 0.3) is 0 Å². The summed E-state index contributed by atoms with van der Waals surface area (Å²) < 4.78 is 5.52. The number of carboxylic acid groups (broad SMARTS) is 1. The van der Waals surface area contributed by atoms with Crippen molar-refractivity contribution in [2.75, 3.05) is 46.9 Å². The van der Waals surface area contributed by atoms with Crippen LogP contribution in [0.2, 0.25) is 0 Å². The summed E-state index contributed by atoms with van der Waals surface area (Å²) in [5.41, 5.74) is 0. The molecular formula is C14H24N6O5. The highest BCUT2D eigenvalue weighted by molar-refractivity contribution is 5.76. The van der Waals surface area contributed by atoms with Crippen molar-refractivity contribution in [3.63, 3.8) is 0 Å². The van der Waals surface area contributed by atoms with Crippen LogP contribution in [-0.4, -0.2) is 89.1 Å². The SMILES string of the molecule is CN(C)[C@@H](CO)c1nnc([C@H](CC(=O)O)NC(=O)N2CCNCC2)o1. The summed E-state index contributed by atoms with van der Waals surface area (Å²) >= 11 is 0. The van der Waals surface area contributed by atoms with Crippen LogP contribution in [-0.2, 0) is 4.79 Å². The molecule has 0 bridgehead atoms. The molecule has 1 saturated heterocycles. The zero-order valence-corrected chi connectivity index (χ0v) is 14.3. The molecule has 25 heavy (non-hydrogen) atoms. The van der Waals surface area contributed by atoms with Crippen LogP contribution in [0.3, 0.4) is 0 Å². The summed E-state index contributed by atoms with van der Waals surface area (Å²) in [6, 6.07) is -1.82. The monoisotopic (exact) mass is 356 g/mol. The predicted molar refractivity (Wildman–Crippen MR) is 85.8 cm³/mol. The topological polar surface area (TPSA) is 144 Å². The van der Waals surface area contributed by atoms with Crippen LogP contribution in [0.1, 0.15) is 30.3 Å². The summed E-state index contributed by atoms with van der Waals surface area (Å²) in [6.07, 6.45) is -0.384. The second-order valence-electron chi connectivity index (χ2n) is 5.98. The lowest BCUT2D eigenvalue weighted by molar-refractivity contribution is -0.137. The van der Waals surface area contributed by atoms with E-state index in [1.807, 2.05) is 0 Å². The highest BCUT2D eigenvalue weighted by Crippen LogP contribution is 2.21. The first kappa shape index (κ1) is 19.1. The number of aliphatic hydroxyl groups is 1. The summed E-state index contributed by atoms with van der Waals surface area (Å²) in [7, 11) is 3.48. The Kier molecular flexibility index (Phi) is 6.67. The van der Waals surface area contributed by atoms with Gasteiger partial charge in [-0.25, -0.2) is 4.79 Å². The molecule has 0 spiro atoms. The van der Waals surface area contributed by atoms with E-state index >= 15 is 0 Å². The Morgan fingerprint density at radius 2 is 1.96 bits per heavy atom. The van der Waals surface area contributed by atoms with Crippen molar-refractivity contribution < 1.29 is 24.2 Å². The third-order valence-corrected chi connectivity index (χ3v) is 3.92. The molecule has 0 aromatic carbocycles. The van der Waals surface area contributed by atoms with Gasteiger partial charge in [0.2, 0.25) is 11.8 Å². The maximum Gasteiger partial charge on any atom is 0.318 e. The number of nitrogens with zero attached hydrogens (tertiary/aromatic N) is 4. The van der Waals surface area contributed by atoms with E-state index < -0.39 is 18.1 Å². The van der Waals surface area contributed by atoms with E-state index in [0.717, 1.165) is 0 Å². The fourth-order valence-electron chi connectivity index (χ4n) is 2.47. The second-order valence-corrected chi connectivity index (χ2v) is 5.98. The zero-order valence-electron chi connectivity index (χ0n) is 14.3. The summed E-state index contributed by atoms with van der Waals surface area (Å²) in [5.74, 6) is -0.938. The maximum absolute atomic E-state index is 12.3. The van der Waals surface area contributed by atoms with Crippen LogP contribution >= 0.6 is 0 Å². The molecule has 11 heteroatoms. The molecule has 1 aromatic heterocycles. The Balaban J connectivity index is 2.12. The summed E-state index contributed by atoms with van der Waals surface area (Å²) in [4.78, 5) is 26.8. The number of urea groups is 1. The molecular weight excluding hydrogens is 332 g/mol. The molecule has 2 heterocycles. The Bertz CT molecular complexity index is 586. The van der Waals surface area contributed by atoms with Gasteiger partial charge in [-0.1, -0.05) is 0 Å². The highest BCUT2D eigenvalue weighted by Gasteiger charge is 2.28. The molecule has 1 aromatic rings. The fourth-order valence-corrected chi connectivity index (χ4v) is 2.47. The van der Waals surface area contributed by atoms with Gasteiger partial charge in [0, 0.05) is 26.2 Å². The van der Waals surface area contributed by atoms with E-state index in [4.69, 9.17) is 9.52 Å². The average molecular weight is 356 g/mol. The number of carbonyl (C=O) groups excluding carboxylic acids is 1. The zero-order chi connectivity index (χ0) is 18.4. The molecule has 0 saturated carbocycles. The van der Waals surface area contributed by atoms with Crippen LogP contribution in [0.4, 0.5) is 4.79 Å². The number of likely N-dealkylation sites (N-methyl/N-ethyl adjacent to an activating group) is 1. The number of hydrogen-bond donors (Lipinski definition) is 4. The molecule has 1 fully saturated rings. The van der Waals surface area contributed by atoms with Crippen molar-refractivity contribution in [2.24, 2.45) is 0 Å². The van der Waals surface area contributed by atoms with Gasteiger partial charge in [0.1, 0.15) is 12.1 Å². The summed E-state index contributed by atoms with van der Waals surface area (Å²) in [5, 5.41) is 32.0. The number of carbonyl (C=O) groups is 2. The molecule has 1 aliphatic rings. The van der Waals surface area contributed by atoms with Crippen LogP contribution < -0.4 is 10.6 Å². The molecule has 0 aliphatic carbocycles. The molecule has 140 valence electrons. The molecule has 0 unspecified atom stereocenters. The average Bonchev–Trinajstić information content (AvgIpc) is 3.04. The van der Waals surface area contributed by atoms with Gasteiger partial charge in [-0.15, -0.1) is 10.2 Å². The van der Waals surface area contributed by atoms with Gasteiger partial charge in [-0.05, 0) is 14.1 Å². The molecule has 1 aliphatic heterocycles. The van der Waals surface area contributed by atoms with Crippen molar-refractivity contribution >= 4 is 12.0 Å². The molecule has 2 amide bonds. The van der Waals surface area contributed by atoms with Gasteiger partial charge in [0.05, 0.1) is 13.0 Å². The van der Waals surface area contributed by atoms with E-state index in [2.05, 4.69) is 20.8 Å². The Labute approximate surface area is 145 Å². The lowest BCUT2D eigenvalue weighted by Gasteiger charge is -2.28. The van der Waals surface area contributed by atoms with Crippen molar-refractivity contribution in [3.8, 4) is 0 Å². The lowest BCUT2D eigenvalue weighted by Crippen LogP contribution is -2.51. The van der Waals surface area contributed by atoms with E-state index in [1.54, 1.807) is 23.9 Å². The van der Waals surface area contributed by atoms with Gasteiger partial charge in [-0.2, -0.15) is 0 Å². The number of rotatable bonds is 7. The van der Waals surface area contributed by atoms with E-state index in [9.17, 15) is 14.7 Å². The maximum atomic E-state index is 12.3. The smallest absolute Gasteiger partial charge is 0.318 e. The van der Waals surface area contributed by atoms with Gasteiger partial charge < -0.3 is 30.2 Å². The molecule has 11 nitrogen and oxygen atoms in total. The normalized spacial score (nSPS) is 17.4. The summed E-state index contributed by atoms with van der Waals surface area (Å²) in [6.45, 7) is 2.21. The van der Waals surface area contributed by atoms with Crippen LogP contribution in [0.25, 0.3) is 0 Å². The number of aromatic nitrogens is 2. The molecule has 2 atom stereocenters. The van der Waals surface area contributed by atoms with Crippen LogP contribution in [0.15, 0.2) is 4.42 Å². The van der Waals surface area contributed by atoms with Crippen LogP contribution in [0.5, 0.6) is 0 Å². The second kappa shape index (κ2) is 8.74.